The standard InChI is InChI=1S/C13H13FN2O2S/c14-12-3-5-13(6-4-12)19(17,18)16-9-7-11-2-1-8-15-10-11/h1-6,8,10,16H,7,9H2. The van der Waals surface area contributed by atoms with Crippen LogP contribution < -0.4 is 4.72 Å². The molecule has 0 fully saturated rings. The fourth-order valence-corrected chi connectivity index (χ4v) is 2.60. The highest BCUT2D eigenvalue weighted by atomic mass is 32.2. The summed E-state index contributed by atoms with van der Waals surface area (Å²) < 4.78 is 39.0. The van der Waals surface area contributed by atoms with Crippen LogP contribution in [0.3, 0.4) is 0 Å². The third-order valence-electron chi connectivity index (χ3n) is 2.55. The predicted octanol–water partition coefficient (Wildman–Crippen LogP) is 1.74. The lowest BCUT2D eigenvalue weighted by Crippen LogP contribution is -2.26. The van der Waals surface area contributed by atoms with Gasteiger partial charge in [-0.05, 0) is 42.3 Å². The van der Waals surface area contributed by atoms with Crippen LogP contribution in [0, 0.1) is 5.82 Å². The van der Waals surface area contributed by atoms with Crippen LogP contribution in [0.15, 0.2) is 53.7 Å². The molecular formula is C13H13FN2O2S. The minimum Gasteiger partial charge on any atom is -0.264 e. The van der Waals surface area contributed by atoms with E-state index in [9.17, 15) is 12.8 Å². The van der Waals surface area contributed by atoms with E-state index >= 15 is 0 Å². The van der Waals surface area contributed by atoms with Crippen LogP contribution in [0.25, 0.3) is 0 Å². The van der Waals surface area contributed by atoms with E-state index in [1.165, 1.54) is 12.1 Å². The number of nitrogens with one attached hydrogen (secondary N) is 1. The van der Waals surface area contributed by atoms with Gasteiger partial charge in [-0.3, -0.25) is 4.98 Å². The van der Waals surface area contributed by atoms with E-state index in [1.807, 2.05) is 6.07 Å². The molecule has 1 aromatic heterocycles. The van der Waals surface area contributed by atoms with Crippen molar-refractivity contribution in [2.75, 3.05) is 6.54 Å². The Kier molecular flexibility index (Phi) is 4.24. The Labute approximate surface area is 111 Å². The average molecular weight is 280 g/mol. The molecule has 19 heavy (non-hydrogen) atoms. The molecule has 0 amide bonds. The van der Waals surface area contributed by atoms with E-state index in [0.717, 1.165) is 17.7 Å². The van der Waals surface area contributed by atoms with Crippen molar-refractivity contribution in [3.8, 4) is 0 Å². The maximum absolute atomic E-state index is 12.7. The molecule has 2 aromatic rings. The van der Waals surface area contributed by atoms with Crippen molar-refractivity contribution in [3.63, 3.8) is 0 Å². The summed E-state index contributed by atoms with van der Waals surface area (Å²) in [6.45, 7) is 0.269. The van der Waals surface area contributed by atoms with Crippen LogP contribution >= 0.6 is 0 Å². The maximum atomic E-state index is 12.7. The number of nitrogens with zero attached hydrogens (tertiary/aromatic N) is 1. The number of sulfonamides is 1. The molecule has 1 N–H and O–H groups in total. The number of aromatic nitrogens is 1. The molecule has 6 heteroatoms. The van der Waals surface area contributed by atoms with Crippen LogP contribution in [0.1, 0.15) is 5.56 Å². The second-order valence-electron chi connectivity index (χ2n) is 3.96. The second kappa shape index (κ2) is 5.90. The zero-order valence-corrected chi connectivity index (χ0v) is 10.9. The van der Waals surface area contributed by atoms with E-state index in [0.29, 0.717) is 6.42 Å². The third kappa shape index (κ3) is 3.84. The van der Waals surface area contributed by atoms with Crippen LogP contribution in [0.5, 0.6) is 0 Å². The molecule has 0 aliphatic carbocycles. The third-order valence-corrected chi connectivity index (χ3v) is 4.03. The van der Waals surface area contributed by atoms with Gasteiger partial charge in [-0.25, -0.2) is 17.5 Å². The Hall–Kier alpha value is -1.79. The summed E-state index contributed by atoms with van der Waals surface area (Å²) in [4.78, 5) is 4.00. The SMILES string of the molecule is O=S(=O)(NCCc1cccnc1)c1ccc(F)cc1. The van der Waals surface area contributed by atoms with Crippen LogP contribution in [0.2, 0.25) is 0 Å². The van der Waals surface area contributed by atoms with Gasteiger partial charge in [0.1, 0.15) is 5.82 Å². The van der Waals surface area contributed by atoms with Gasteiger partial charge in [0.2, 0.25) is 10.0 Å². The van der Waals surface area contributed by atoms with Gasteiger partial charge in [-0.15, -0.1) is 0 Å². The summed E-state index contributed by atoms with van der Waals surface area (Å²) in [5, 5.41) is 0. The maximum Gasteiger partial charge on any atom is 0.240 e. The molecular weight excluding hydrogens is 267 g/mol. The molecule has 0 atom stereocenters. The van der Waals surface area contributed by atoms with Crippen LogP contribution in [-0.2, 0) is 16.4 Å². The summed E-state index contributed by atoms with van der Waals surface area (Å²) in [6.07, 6.45) is 3.90. The zero-order chi connectivity index (χ0) is 13.7. The van der Waals surface area contributed by atoms with Gasteiger partial charge in [-0.2, -0.15) is 0 Å². The summed E-state index contributed by atoms with van der Waals surface area (Å²) in [5.74, 6) is -0.464. The Morgan fingerprint density at radius 3 is 2.53 bits per heavy atom. The first kappa shape index (κ1) is 13.6. The fourth-order valence-electron chi connectivity index (χ4n) is 1.57. The zero-order valence-electron chi connectivity index (χ0n) is 10.1. The lowest BCUT2D eigenvalue weighted by Gasteiger charge is -2.06. The molecule has 100 valence electrons. The Balaban J connectivity index is 1.97. The topological polar surface area (TPSA) is 59.1 Å². The molecule has 0 unspecified atom stereocenters. The fraction of sp³-hybridized carbons (Fsp3) is 0.154. The molecule has 0 saturated heterocycles. The minimum absolute atomic E-state index is 0.0556. The van der Waals surface area contributed by atoms with E-state index < -0.39 is 15.8 Å². The lowest BCUT2D eigenvalue weighted by atomic mass is 10.2. The second-order valence-corrected chi connectivity index (χ2v) is 5.73. The van der Waals surface area contributed by atoms with Gasteiger partial charge in [0.15, 0.2) is 0 Å². The first-order valence-corrected chi connectivity index (χ1v) is 7.20. The number of hydrogen-bond acceptors (Lipinski definition) is 3. The molecule has 1 aromatic carbocycles. The first-order chi connectivity index (χ1) is 9.08. The first-order valence-electron chi connectivity index (χ1n) is 5.72. The van der Waals surface area contributed by atoms with Gasteiger partial charge in [0, 0.05) is 18.9 Å². The lowest BCUT2D eigenvalue weighted by molar-refractivity contribution is 0.580. The van der Waals surface area contributed by atoms with Crippen LogP contribution in [0.4, 0.5) is 4.39 Å². The molecule has 4 nitrogen and oxygen atoms in total. The molecule has 0 saturated carbocycles. The van der Waals surface area contributed by atoms with Crippen molar-refractivity contribution in [2.24, 2.45) is 0 Å². The van der Waals surface area contributed by atoms with Gasteiger partial charge in [0.05, 0.1) is 4.90 Å². The van der Waals surface area contributed by atoms with Crippen LogP contribution in [-0.4, -0.2) is 19.9 Å². The Morgan fingerprint density at radius 1 is 1.16 bits per heavy atom. The average Bonchev–Trinajstić information content (AvgIpc) is 2.40. The number of hydrogen-bond donors (Lipinski definition) is 1. The summed E-state index contributed by atoms with van der Waals surface area (Å²) in [7, 11) is -3.58. The number of benzene rings is 1. The summed E-state index contributed by atoms with van der Waals surface area (Å²) in [6, 6.07) is 8.39. The summed E-state index contributed by atoms with van der Waals surface area (Å²) in [5.41, 5.74) is 0.948. The Morgan fingerprint density at radius 2 is 1.89 bits per heavy atom. The number of halogens is 1. The van der Waals surface area contributed by atoms with Crippen molar-refractivity contribution in [2.45, 2.75) is 11.3 Å². The van der Waals surface area contributed by atoms with Gasteiger partial charge < -0.3 is 0 Å². The molecule has 0 spiro atoms. The highest BCUT2D eigenvalue weighted by Crippen LogP contribution is 2.09. The molecule has 0 radical (unpaired) electrons. The van der Waals surface area contributed by atoms with Gasteiger partial charge >= 0.3 is 0 Å². The van der Waals surface area contributed by atoms with Gasteiger partial charge in [-0.1, -0.05) is 6.07 Å². The highest BCUT2D eigenvalue weighted by molar-refractivity contribution is 7.89. The highest BCUT2D eigenvalue weighted by Gasteiger charge is 2.12. The van der Waals surface area contributed by atoms with Crippen molar-refractivity contribution < 1.29 is 12.8 Å². The molecule has 0 aliphatic rings. The van der Waals surface area contributed by atoms with E-state index in [1.54, 1.807) is 18.5 Å². The van der Waals surface area contributed by atoms with Gasteiger partial charge in [0.25, 0.3) is 0 Å². The monoisotopic (exact) mass is 280 g/mol. The Bertz CT molecular complexity index is 627. The van der Waals surface area contributed by atoms with Crippen molar-refractivity contribution >= 4 is 10.0 Å². The van der Waals surface area contributed by atoms with E-state index in [-0.39, 0.29) is 11.4 Å². The largest absolute Gasteiger partial charge is 0.264 e. The van der Waals surface area contributed by atoms with Crippen molar-refractivity contribution in [1.29, 1.82) is 0 Å². The minimum atomic E-state index is -3.58. The van der Waals surface area contributed by atoms with E-state index in [4.69, 9.17) is 0 Å². The van der Waals surface area contributed by atoms with Crippen molar-refractivity contribution in [3.05, 3.63) is 60.2 Å². The normalized spacial score (nSPS) is 11.4. The summed E-state index contributed by atoms with van der Waals surface area (Å²) >= 11 is 0. The quantitative estimate of drug-likeness (QED) is 0.907. The number of pyridine rings is 1. The molecule has 0 aliphatic heterocycles. The van der Waals surface area contributed by atoms with E-state index in [2.05, 4.69) is 9.71 Å². The smallest absolute Gasteiger partial charge is 0.240 e. The molecule has 0 bridgehead atoms. The number of rotatable bonds is 5. The molecule has 1 heterocycles. The van der Waals surface area contributed by atoms with Crippen molar-refractivity contribution in [1.82, 2.24) is 9.71 Å². The predicted molar refractivity (Wildman–Crippen MR) is 69.5 cm³/mol. The molecule has 2 rings (SSSR count).